The summed E-state index contributed by atoms with van der Waals surface area (Å²) < 4.78 is 52.5. The highest BCUT2D eigenvalue weighted by atomic mass is 19.2. The average Bonchev–Trinajstić information content (AvgIpc) is 2.42. The number of carbonyl (C=O) groups is 1. The van der Waals surface area contributed by atoms with Crippen LogP contribution in [-0.2, 0) is 0 Å². The third-order valence-electron chi connectivity index (χ3n) is 2.52. The summed E-state index contributed by atoms with van der Waals surface area (Å²) in [6.45, 7) is 0. The van der Waals surface area contributed by atoms with Crippen LogP contribution in [0.1, 0.15) is 10.4 Å². The maximum atomic E-state index is 13.4. The number of nitrogens with one attached hydrogen (secondary N) is 1. The Morgan fingerprint density at radius 1 is 0.950 bits per heavy atom. The molecule has 0 fully saturated rings. The van der Waals surface area contributed by atoms with Crippen molar-refractivity contribution in [3.8, 4) is 0 Å². The van der Waals surface area contributed by atoms with Crippen molar-refractivity contribution in [3.05, 3.63) is 59.2 Å². The molecule has 0 aliphatic heterocycles. The fourth-order valence-corrected chi connectivity index (χ4v) is 1.53. The summed E-state index contributed by atoms with van der Waals surface area (Å²) in [5, 5.41) is 1.95. The normalized spacial score (nSPS) is 10.4. The molecule has 2 aromatic carbocycles. The third kappa shape index (κ3) is 2.56. The van der Waals surface area contributed by atoms with Gasteiger partial charge in [0, 0.05) is 5.69 Å². The zero-order valence-electron chi connectivity index (χ0n) is 9.88. The van der Waals surface area contributed by atoms with Gasteiger partial charge in [-0.3, -0.25) is 4.79 Å². The second kappa shape index (κ2) is 5.20. The Morgan fingerprint density at radius 2 is 1.60 bits per heavy atom. The van der Waals surface area contributed by atoms with Crippen molar-refractivity contribution < 1.29 is 22.4 Å². The molecule has 1 amide bonds. The van der Waals surface area contributed by atoms with Gasteiger partial charge in [-0.15, -0.1) is 0 Å². The number of amides is 1. The SMILES string of the molecule is Nc1ccc(F)c(C(=O)Nc2ccc(F)c(F)c2F)c1. The molecule has 0 unspecified atom stereocenters. The van der Waals surface area contributed by atoms with Crippen LogP contribution in [0.4, 0.5) is 28.9 Å². The van der Waals surface area contributed by atoms with Crippen molar-refractivity contribution in [1.29, 1.82) is 0 Å². The number of hydrogen-bond donors (Lipinski definition) is 2. The topological polar surface area (TPSA) is 55.1 Å². The molecule has 2 rings (SSSR count). The molecule has 2 aromatic rings. The summed E-state index contributed by atoms with van der Waals surface area (Å²) in [6.07, 6.45) is 0. The number of nitrogen functional groups attached to an aromatic ring is 1. The van der Waals surface area contributed by atoms with Gasteiger partial charge in [0.15, 0.2) is 17.5 Å². The number of carbonyl (C=O) groups excluding carboxylic acids is 1. The number of benzene rings is 2. The second-order valence-electron chi connectivity index (χ2n) is 3.92. The molecule has 0 aliphatic carbocycles. The monoisotopic (exact) mass is 284 g/mol. The number of hydrogen-bond acceptors (Lipinski definition) is 2. The van der Waals surface area contributed by atoms with Crippen molar-refractivity contribution in [2.45, 2.75) is 0 Å². The van der Waals surface area contributed by atoms with Crippen LogP contribution in [-0.4, -0.2) is 5.91 Å². The minimum atomic E-state index is -1.73. The van der Waals surface area contributed by atoms with Gasteiger partial charge in [0.05, 0.1) is 11.3 Å². The van der Waals surface area contributed by atoms with Crippen molar-refractivity contribution in [3.63, 3.8) is 0 Å². The van der Waals surface area contributed by atoms with Crippen LogP contribution < -0.4 is 11.1 Å². The van der Waals surface area contributed by atoms with Gasteiger partial charge >= 0.3 is 0 Å². The first kappa shape index (κ1) is 13.9. The van der Waals surface area contributed by atoms with E-state index in [0.717, 1.165) is 18.2 Å². The van der Waals surface area contributed by atoms with Crippen molar-refractivity contribution in [2.24, 2.45) is 0 Å². The van der Waals surface area contributed by atoms with E-state index in [1.54, 1.807) is 0 Å². The van der Waals surface area contributed by atoms with Crippen LogP contribution in [0.15, 0.2) is 30.3 Å². The van der Waals surface area contributed by atoms with Crippen LogP contribution in [0.2, 0.25) is 0 Å². The lowest BCUT2D eigenvalue weighted by atomic mass is 10.1. The highest BCUT2D eigenvalue weighted by Gasteiger charge is 2.18. The maximum absolute atomic E-state index is 13.4. The van der Waals surface area contributed by atoms with Crippen LogP contribution in [0.25, 0.3) is 0 Å². The summed E-state index contributed by atoms with van der Waals surface area (Å²) >= 11 is 0. The highest BCUT2D eigenvalue weighted by molar-refractivity contribution is 6.05. The Hall–Kier alpha value is -2.57. The van der Waals surface area contributed by atoms with Crippen LogP contribution in [0.3, 0.4) is 0 Å². The largest absolute Gasteiger partial charge is 0.399 e. The highest BCUT2D eigenvalue weighted by Crippen LogP contribution is 2.21. The van der Waals surface area contributed by atoms with Crippen LogP contribution >= 0.6 is 0 Å². The fourth-order valence-electron chi connectivity index (χ4n) is 1.53. The summed E-state index contributed by atoms with van der Waals surface area (Å²) in [4.78, 5) is 11.7. The predicted octanol–water partition coefficient (Wildman–Crippen LogP) is 3.08. The van der Waals surface area contributed by atoms with E-state index in [-0.39, 0.29) is 5.69 Å². The van der Waals surface area contributed by atoms with Crippen LogP contribution in [0.5, 0.6) is 0 Å². The minimum absolute atomic E-state index is 0.127. The molecule has 0 aliphatic rings. The molecule has 20 heavy (non-hydrogen) atoms. The molecular formula is C13H8F4N2O. The van der Waals surface area contributed by atoms with Gasteiger partial charge in [-0.25, -0.2) is 17.6 Å². The standard InChI is InChI=1S/C13H8F4N2O/c14-8-2-1-6(18)5-7(8)13(20)19-10-4-3-9(15)11(16)12(10)17/h1-5H,18H2,(H,19,20). The van der Waals surface area contributed by atoms with Gasteiger partial charge in [0.1, 0.15) is 5.82 Å². The van der Waals surface area contributed by atoms with Crippen molar-refractivity contribution >= 4 is 17.3 Å². The van der Waals surface area contributed by atoms with Crippen molar-refractivity contribution in [2.75, 3.05) is 11.1 Å². The lowest BCUT2D eigenvalue weighted by Crippen LogP contribution is -2.15. The molecule has 0 radical (unpaired) electrons. The molecule has 3 nitrogen and oxygen atoms in total. The van der Waals surface area contributed by atoms with E-state index in [1.807, 2.05) is 5.32 Å². The zero-order valence-corrected chi connectivity index (χ0v) is 9.88. The summed E-state index contributed by atoms with van der Waals surface area (Å²) in [7, 11) is 0. The molecule has 3 N–H and O–H groups in total. The lowest BCUT2D eigenvalue weighted by molar-refractivity contribution is 0.102. The molecule has 104 valence electrons. The second-order valence-corrected chi connectivity index (χ2v) is 3.92. The molecule has 0 spiro atoms. The van der Waals surface area contributed by atoms with Gasteiger partial charge < -0.3 is 11.1 Å². The molecule has 0 atom stereocenters. The smallest absolute Gasteiger partial charge is 0.258 e. The first-order valence-electron chi connectivity index (χ1n) is 5.40. The lowest BCUT2D eigenvalue weighted by Gasteiger charge is -2.08. The van der Waals surface area contributed by atoms with E-state index in [4.69, 9.17) is 5.73 Å². The Labute approximate surface area is 111 Å². The molecule has 7 heteroatoms. The average molecular weight is 284 g/mol. The molecule has 0 bridgehead atoms. The fraction of sp³-hybridized carbons (Fsp3) is 0. The first-order chi connectivity index (χ1) is 9.40. The number of nitrogens with two attached hydrogens (primary N) is 1. The van der Waals surface area contributed by atoms with Gasteiger partial charge in [-0.05, 0) is 30.3 Å². The predicted molar refractivity (Wildman–Crippen MR) is 65.1 cm³/mol. The van der Waals surface area contributed by atoms with Gasteiger partial charge in [0.25, 0.3) is 5.91 Å². The van der Waals surface area contributed by atoms with Gasteiger partial charge in [-0.2, -0.15) is 0 Å². The zero-order chi connectivity index (χ0) is 14.9. The number of halogens is 4. The van der Waals surface area contributed by atoms with E-state index in [0.29, 0.717) is 6.07 Å². The molecule has 0 saturated heterocycles. The van der Waals surface area contributed by atoms with Crippen molar-refractivity contribution in [1.82, 2.24) is 0 Å². The Balaban J connectivity index is 2.33. The van der Waals surface area contributed by atoms with Crippen LogP contribution in [0, 0.1) is 23.3 Å². The van der Waals surface area contributed by atoms with E-state index < -0.39 is 40.4 Å². The molecule has 0 saturated carbocycles. The van der Waals surface area contributed by atoms with E-state index in [1.165, 1.54) is 6.07 Å². The summed E-state index contributed by atoms with van der Waals surface area (Å²) in [6, 6.07) is 4.72. The molecule has 0 aromatic heterocycles. The number of anilines is 2. The Morgan fingerprint density at radius 3 is 2.30 bits per heavy atom. The molecular weight excluding hydrogens is 276 g/mol. The Bertz CT molecular complexity index is 688. The first-order valence-corrected chi connectivity index (χ1v) is 5.40. The maximum Gasteiger partial charge on any atom is 0.258 e. The van der Waals surface area contributed by atoms with E-state index >= 15 is 0 Å². The van der Waals surface area contributed by atoms with Gasteiger partial charge in [0.2, 0.25) is 0 Å². The Kier molecular flexibility index (Phi) is 3.60. The summed E-state index contributed by atoms with van der Waals surface area (Å²) in [5.74, 6) is -6.59. The van der Waals surface area contributed by atoms with E-state index in [2.05, 4.69) is 0 Å². The summed E-state index contributed by atoms with van der Waals surface area (Å²) in [5.41, 5.74) is 4.49. The van der Waals surface area contributed by atoms with E-state index in [9.17, 15) is 22.4 Å². The van der Waals surface area contributed by atoms with Gasteiger partial charge in [-0.1, -0.05) is 0 Å². The third-order valence-corrected chi connectivity index (χ3v) is 2.52. The quantitative estimate of drug-likeness (QED) is 0.506. The minimum Gasteiger partial charge on any atom is -0.399 e. The number of rotatable bonds is 2. The molecule has 0 heterocycles.